The zero-order chi connectivity index (χ0) is 37.6. The second-order valence-electron chi connectivity index (χ2n) is 17.0. The van der Waals surface area contributed by atoms with Gasteiger partial charge in [-0.2, -0.15) is 13.2 Å². The smallest absolute Gasteiger partial charge is 0.416 e. The first-order valence-corrected chi connectivity index (χ1v) is 19.1. The van der Waals surface area contributed by atoms with Crippen molar-refractivity contribution >= 4 is 23.4 Å². The molecule has 8 unspecified atom stereocenters. The molecule has 3 fully saturated rings. The number of amides is 2. The maximum Gasteiger partial charge on any atom is 0.416 e. The van der Waals surface area contributed by atoms with Gasteiger partial charge in [0.2, 0.25) is 5.78 Å². The van der Waals surface area contributed by atoms with Crippen molar-refractivity contribution in [2.75, 3.05) is 13.1 Å². The van der Waals surface area contributed by atoms with E-state index in [-0.39, 0.29) is 63.8 Å². The molecule has 1 aromatic carbocycles. The van der Waals surface area contributed by atoms with Crippen molar-refractivity contribution in [2.24, 2.45) is 33.5 Å². The number of carbonyl (C=O) groups is 2. The molecule has 11 heteroatoms. The molecule has 8 atom stereocenters. The van der Waals surface area contributed by atoms with Gasteiger partial charge in [0.05, 0.1) is 28.8 Å². The van der Waals surface area contributed by atoms with E-state index in [2.05, 4.69) is 37.4 Å². The van der Waals surface area contributed by atoms with Gasteiger partial charge in [-0.05, 0) is 113 Å². The molecule has 0 aliphatic heterocycles. The molecule has 3 N–H and O–H groups in total. The Labute approximate surface area is 308 Å². The van der Waals surface area contributed by atoms with Crippen molar-refractivity contribution in [3.05, 3.63) is 70.5 Å². The highest BCUT2D eigenvalue weighted by molar-refractivity contribution is 6.33. The zero-order valence-electron chi connectivity index (χ0n) is 30.6. The predicted molar refractivity (Wildman–Crippen MR) is 193 cm³/mol. The van der Waals surface area contributed by atoms with Crippen LogP contribution in [0.5, 0.6) is 0 Å². The summed E-state index contributed by atoms with van der Waals surface area (Å²) < 4.78 is 47.0. The first-order valence-electron chi connectivity index (χ1n) is 18.8. The molecule has 2 aromatic rings. The van der Waals surface area contributed by atoms with Gasteiger partial charge >= 0.3 is 12.2 Å². The second kappa shape index (κ2) is 12.5. The molecule has 6 aliphatic rings. The SMILES string of the molecule is CCCN(CC1(O)CCC2C34C=CC5(C=C3C(=O)c3ccc(-c6cc(C(F)(F)F)ccc6Cl)o3)CC(O)CCC5(C)C4CCC21C)C(=O)NC(C)C. The molecule has 1 heterocycles. The molecule has 0 saturated heterocycles. The Hall–Kier alpha value is -3.08. The fraction of sp³-hybridized carbons (Fsp3) is 0.610. The van der Waals surface area contributed by atoms with Gasteiger partial charge in [0, 0.05) is 40.0 Å². The number of allylic oxidation sites excluding steroid dienone is 4. The van der Waals surface area contributed by atoms with Crippen LogP contribution in [0.1, 0.15) is 102 Å². The summed E-state index contributed by atoms with van der Waals surface area (Å²) in [6, 6.07) is 5.73. The number of fused-ring (bicyclic) bond motifs is 1. The Balaban J connectivity index is 1.31. The highest BCUT2D eigenvalue weighted by Gasteiger charge is 2.74. The minimum absolute atomic E-state index is 0.00160. The minimum atomic E-state index is -4.59. The molecule has 6 aliphatic carbocycles. The van der Waals surface area contributed by atoms with Gasteiger partial charge in [-0.25, -0.2) is 4.79 Å². The normalized spacial score (nSPS) is 36.2. The standard InChI is InChI=1S/C41H50ClF3N2O5/c1-6-19-47(35(50)46-24(2)3)23-39(51)16-13-33-37(39,5)15-12-32-36(4)14-11-26(48)21-38(36)17-18-40(32,33)28(22-38)34(49)31-10-9-30(52-31)27-20-25(41(43,44)45)7-8-29(27)42/h7-10,17-18,20,22,24,26,32-33,48,51H,6,11-16,19,21,23H2,1-5H3,(H,46,50). The number of ketones is 1. The Morgan fingerprint density at radius 1 is 1.04 bits per heavy atom. The van der Waals surface area contributed by atoms with Gasteiger partial charge in [0.15, 0.2) is 5.76 Å². The molecule has 1 aromatic heterocycles. The number of hydrogen-bond acceptors (Lipinski definition) is 5. The van der Waals surface area contributed by atoms with E-state index < -0.39 is 39.7 Å². The Kier molecular flexibility index (Phi) is 8.94. The van der Waals surface area contributed by atoms with Gasteiger partial charge in [0.25, 0.3) is 0 Å². The summed E-state index contributed by atoms with van der Waals surface area (Å²) in [6.07, 6.45) is 6.59. The largest absolute Gasteiger partial charge is 0.453 e. The van der Waals surface area contributed by atoms with E-state index in [0.717, 1.165) is 37.8 Å². The van der Waals surface area contributed by atoms with Crippen LogP contribution in [0.4, 0.5) is 18.0 Å². The summed E-state index contributed by atoms with van der Waals surface area (Å²) in [5.74, 6) is -0.417. The summed E-state index contributed by atoms with van der Waals surface area (Å²) >= 11 is 6.36. The topological polar surface area (TPSA) is 103 Å². The van der Waals surface area contributed by atoms with E-state index >= 15 is 0 Å². The third kappa shape index (κ3) is 5.36. The quantitative estimate of drug-likeness (QED) is 0.185. The van der Waals surface area contributed by atoms with Crippen molar-refractivity contribution < 1.29 is 37.4 Å². The lowest BCUT2D eigenvalue weighted by atomic mass is 9.32. The highest BCUT2D eigenvalue weighted by atomic mass is 35.5. The van der Waals surface area contributed by atoms with Gasteiger partial charge in [-0.15, -0.1) is 0 Å². The zero-order valence-corrected chi connectivity index (χ0v) is 31.3. The molecule has 3 saturated carbocycles. The molecule has 2 bridgehead atoms. The molecule has 2 spiro atoms. The van der Waals surface area contributed by atoms with Crippen molar-refractivity contribution in [1.82, 2.24) is 10.2 Å². The molecule has 7 nitrogen and oxygen atoms in total. The van der Waals surface area contributed by atoms with E-state index in [1.807, 2.05) is 20.8 Å². The lowest BCUT2D eigenvalue weighted by molar-refractivity contribution is -0.174. The van der Waals surface area contributed by atoms with Crippen molar-refractivity contribution in [3.63, 3.8) is 0 Å². The van der Waals surface area contributed by atoms with E-state index in [4.69, 9.17) is 16.0 Å². The summed E-state index contributed by atoms with van der Waals surface area (Å²) in [6.45, 7) is 10.9. The molecule has 2 amide bonds. The fourth-order valence-electron chi connectivity index (χ4n) is 11.4. The van der Waals surface area contributed by atoms with Crippen LogP contribution in [0.2, 0.25) is 5.02 Å². The number of aliphatic hydroxyl groups is 2. The lowest BCUT2D eigenvalue weighted by Crippen LogP contribution is -2.67. The summed E-state index contributed by atoms with van der Waals surface area (Å²) in [4.78, 5) is 30.0. The maximum absolute atomic E-state index is 15.0. The van der Waals surface area contributed by atoms with E-state index in [1.54, 1.807) is 4.90 Å². The third-order valence-corrected chi connectivity index (χ3v) is 14.3. The van der Waals surface area contributed by atoms with Crippen LogP contribution in [0.3, 0.4) is 0 Å². The molecule has 8 rings (SSSR count). The Morgan fingerprint density at radius 2 is 1.73 bits per heavy atom. The van der Waals surface area contributed by atoms with Crippen LogP contribution >= 0.6 is 11.6 Å². The van der Waals surface area contributed by atoms with Gasteiger partial charge in [0.1, 0.15) is 5.76 Å². The number of Topliss-reactive ketones (excluding diaryl/α,β-unsaturated/α-hetero) is 1. The monoisotopic (exact) mass is 742 g/mol. The molecule has 52 heavy (non-hydrogen) atoms. The predicted octanol–water partition coefficient (Wildman–Crippen LogP) is 9.22. The van der Waals surface area contributed by atoms with E-state index in [0.29, 0.717) is 37.8 Å². The number of furan rings is 1. The van der Waals surface area contributed by atoms with Crippen LogP contribution in [-0.2, 0) is 6.18 Å². The Bertz CT molecular complexity index is 1840. The van der Waals surface area contributed by atoms with E-state index in [1.165, 1.54) is 18.2 Å². The first kappa shape index (κ1) is 37.2. The molecule has 282 valence electrons. The number of benzene rings is 1. The minimum Gasteiger partial charge on any atom is -0.453 e. The average Bonchev–Trinajstić information content (AvgIpc) is 3.66. The summed E-state index contributed by atoms with van der Waals surface area (Å²) in [7, 11) is 0. The summed E-state index contributed by atoms with van der Waals surface area (Å²) in [5, 5.41) is 26.8. The average molecular weight is 743 g/mol. The van der Waals surface area contributed by atoms with Gasteiger partial charge < -0.3 is 24.8 Å². The summed E-state index contributed by atoms with van der Waals surface area (Å²) in [5.41, 5.74) is -3.74. The number of urea groups is 1. The van der Waals surface area contributed by atoms with Crippen LogP contribution in [0.25, 0.3) is 11.3 Å². The number of hydrogen-bond donors (Lipinski definition) is 3. The van der Waals surface area contributed by atoms with Crippen LogP contribution in [-0.4, -0.2) is 57.8 Å². The fourth-order valence-corrected chi connectivity index (χ4v) is 11.6. The number of nitrogens with zero attached hydrogens (tertiary/aromatic N) is 1. The van der Waals surface area contributed by atoms with E-state index in [9.17, 15) is 33.0 Å². The van der Waals surface area contributed by atoms with Gasteiger partial charge in [-0.3, -0.25) is 4.79 Å². The third-order valence-electron chi connectivity index (χ3n) is 14.0. The van der Waals surface area contributed by atoms with Crippen LogP contribution in [0.15, 0.2) is 58.6 Å². The number of nitrogens with one attached hydrogen (secondary N) is 1. The van der Waals surface area contributed by atoms with Crippen LogP contribution in [0, 0.1) is 33.5 Å². The van der Waals surface area contributed by atoms with Crippen molar-refractivity contribution in [3.8, 4) is 11.3 Å². The first-order chi connectivity index (χ1) is 24.3. The number of aliphatic hydroxyl groups excluding tert-OH is 1. The second-order valence-corrected chi connectivity index (χ2v) is 17.4. The number of halogens is 4. The molecular weight excluding hydrogens is 693 g/mol. The van der Waals surface area contributed by atoms with Crippen molar-refractivity contribution in [2.45, 2.75) is 110 Å². The highest BCUT2D eigenvalue weighted by Crippen LogP contribution is 2.78. The lowest BCUT2D eigenvalue weighted by Gasteiger charge is -2.71. The maximum atomic E-state index is 15.0. The number of rotatable bonds is 8. The van der Waals surface area contributed by atoms with Crippen LogP contribution < -0.4 is 5.32 Å². The van der Waals surface area contributed by atoms with Gasteiger partial charge in [-0.1, -0.05) is 50.6 Å². The molecular formula is C41H50ClF3N2O5. The Morgan fingerprint density at radius 3 is 2.42 bits per heavy atom. The number of alkyl halides is 3. The molecule has 0 radical (unpaired) electrons. The van der Waals surface area contributed by atoms with Crippen molar-refractivity contribution in [1.29, 1.82) is 0 Å². The number of carbonyl (C=O) groups excluding carboxylic acids is 2.